The fourth-order valence-electron chi connectivity index (χ4n) is 3.70. The number of nitrogens with zero attached hydrogens (tertiary/aromatic N) is 1. The molecule has 24 heavy (non-hydrogen) atoms. The van der Waals surface area contributed by atoms with Crippen LogP contribution in [0.25, 0.3) is 0 Å². The second-order valence-corrected chi connectivity index (χ2v) is 8.64. The highest BCUT2D eigenvalue weighted by molar-refractivity contribution is 5.94. The number of amides is 1. The van der Waals surface area contributed by atoms with Gasteiger partial charge < -0.3 is 10.2 Å². The van der Waals surface area contributed by atoms with E-state index in [1.807, 2.05) is 12.1 Å². The molecule has 0 aromatic heterocycles. The summed E-state index contributed by atoms with van der Waals surface area (Å²) < 4.78 is 0. The van der Waals surface area contributed by atoms with E-state index in [1.54, 1.807) is 0 Å². The van der Waals surface area contributed by atoms with E-state index in [2.05, 4.69) is 57.0 Å². The summed E-state index contributed by atoms with van der Waals surface area (Å²) in [6, 6.07) is 7.99. The summed E-state index contributed by atoms with van der Waals surface area (Å²) in [6.07, 6.45) is 2.36. The van der Waals surface area contributed by atoms with Gasteiger partial charge in [0, 0.05) is 25.2 Å². The van der Waals surface area contributed by atoms with Crippen molar-refractivity contribution in [1.82, 2.24) is 10.2 Å². The third kappa shape index (κ3) is 5.62. The first-order valence-corrected chi connectivity index (χ1v) is 9.37. The lowest BCUT2D eigenvalue weighted by Gasteiger charge is -2.34. The molecular weight excluding hydrogens is 296 g/mol. The Morgan fingerprint density at radius 1 is 1.12 bits per heavy atom. The Kier molecular flexibility index (Phi) is 6.45. The van der Waals surface area contributed by atoms with Crippen LogP contribution in [-0.2, 0) is 5.41 Å². The first-order chi connectivity index (χ1) is 11.3. The second kappa shape index (κ2) is 8.15. The largest absolute Gasteiger partial charge is 0.352 e. The second-order valence-electron chi connectivity index (χ2n) is 8.64. The molecule has 3 nitrogen and oxygen atoms in total. The van der Waals surface area contributed by atoms with Gasteiger partial charge in [-0.3, -0.25) is 4.79 Å². The normalized spacial score (nSPS) is 22.4. The number of likely N-dealkylation sites (tertiary alicyclic amines) is 1. The molecule has 0 aliphatic carbocycles. The van der Waals surface area contributed by atoms with Crippen LogP contribution in [0.1, 0.15) is 63.4 Å². The molecule has 0 saturated carbocycles. The van der Waals surface area contributed by atoms with Crippen LogP contribution in [-0.4, -0.2) is 37.0 Å². The van der Waals surface area contributed by atoms with Crippen LogP contribution in [0.5, 0.6) is 0 Å². The van der Waals surface area contributed by atoms with Crippen LogP contribution in [0, 0.1) is 11.8 Å². The number of rotatable bonds is 5. The van der Waals surface area contributed by atoms with Gasteiger partial charge >= 0.3 is 0 Å². The summed E-state index contributed by atoms with van der Waals surface area (Å²) in [7, 11) is 0. The Morgan fingerprint density at radius 2 is 1.71 bits per heavy atom. The summed E-state index contributed by atoms with van der Waals surface area (Å²) >= 11 is 0. The fraction of sp³-hybridized carbons (Fsp3) is 0.667. The maximum atomic E-state index is 12.2. The van der Waals surface area contributed by atoms with Gasteiger partial charge in [0.25, 0.3) is 5.91 Å². The summed E-state index contributed by atoms with van der Waals surface area (Å²) in [4.78, 5) is 14.8. The van der Waals surface area contributed by atoms with Crippen molar-refractivity contribution in [2.75, 3.05) is 26.2 Å². The van der Waals surface area contributed by atoms with Crippen molar-refractivity contribution in [3.05, 3.63) is 35.4 Å². The van der Waals surface area contributed by atoms with Gasteiger partial charge in [-0.1, -0.05) is 46.8 Å². The number of piperidine rings is 1. The van der Waals surface area contributed by atoms with E-state index < -0.39 is 0 Å². The standard InChI is InChI=1S/C21H34N2O/c1-16-13-17(2)15-23(14-16)12-6-11-22-20(24)18-7-9-19(10-8-18)21(3,4)5/h7-10,16-17H,6,11-15H2,1-5H3,(H,22,24)/t16-,17+. The van der Waals surface area contributed by atoms with Crippen LogP contribution in [0.2, 0.25) is 0 Å². The van der Waals surface area contributed by atoms with E-state index in [0.717, 1.165) is 36.9 Å². The van der Waals surface area contributed by atoms with Gasteiger partial charge in [0.2, 0.25) is 0 Å². The smallest absolute Gasteiger partial charge is 0.251 e. The summed E-state index contributed by atoms with van der Waals surface area (Å²) in [5.41, 5.74) is 2.13. The van der Waals surface area contributed by atoms with E-state index >= 15 is 0 Å². The number of nitrogens with one attached hydrogen (secondary N) is 1. The summed E-state index contributed by atoms with van der Waals surface area (Å²) in [6.45, 7) is 15.5. The summed E-state index contributed by atoms with van der Waals surface area (Å²) in [5.74, 6) is 1.63. The van der Waals surface area contributed by atoms with Gasteiger partial charge in [-0.25, -0.2) is 0 Å². The number of carbonyl (C=O) groups is 1. The minimum absolute atomic E-state index is 0.0378. The first kappa shape index (κ1) is 19.0. The van der Waals surface area contributed by atoms with Gasteiger partial charge in [0.1, 0.15) is 0 Å². The highest BCUT2D eigenvalue weighted by Gasteiger charge is 2.21. The van der Waals surface area contributed by atoms with Crippen LogP contribution < -0.4 is 5.32 Å². The zero-order valence-corrected chi connectivity index (χ0v) is 16.1. The van der Waals surface area contributed by atoms with Gasteiger partial charge in [-0.2, -0.15) is 0 Å². The fourth-order valence-corrected chi connectivity index (χ4v) is 3.70. The Bertz CT molecular complexity index is 520. The maximum Gasteiger partial charge on any atom is 0.251 e. The molecule has 1 aromatic rings. The van der Waals surface area contributed by atoms with Crippen LogP contribution in [0.4, 0.5) is 0 Å². The maximum absolute atomic E-state index is 12.2. The average Bonchev–Trinajstić information content (AvgIpc) is 2.50. The molecule has 134 valence electrons. The van der Waals surface area contributed by atoms with Crippen molar-refractivity contribution in [2.24, 2.45) is 11.8 Å². The number of hydrogen-bond donors (Lipinski definition) is 1. The molecule has 0 spiro atoms. The molecule has 0 unspecified atom stereocenters. The van der Waals surface area contributed by atoms with E-state index in [0.29, 0.717) is 0 Å². The highest BCUT2D eigenvalue weighted by Crippen LogP contribution is 2.22. The quantitative estimate of drug-likeness (QED) is 0.825. The van der Waals surface area contributed by atoms with Gasteiger partial charge in [0.15, 0.2) is 0 Å². The molecule has 1 aliphatic rings. The SMILES string of the molecule is C[C@@H]1C[C@H](C)CN(CCCNC(=O)c2ccc(C(C)(C)C)cc2)C1. The molecular formula is C21H34N2O. The Hall–Kier alpha value is -1.35. The molecule has 0 bridgehead atoms. The molecule has 1 N–H and O–H groups in total. The summed E-state index contributed by atoms with van der Waals surface area (Å²) in [5, 5.41) is 3.05. The van der Waals surface area contributed by atoms with E-state index in [1.165, 1.54) is 25.1 Å². The van der Waals surface area contributed by atoms with Crippen molar-refractivity contribution >= 4 is 5.91 Å². The molecule has 1 fully saturated rings. The van der Waals surface area contributed by atoms with Crippen molar-refractivity contribution in [3.63, 3.8) is 0 Å². The topological polar surface area (TPSA) is 32.3 Å². The van der Waals surface area contributed by atoms with E-state index in [-0.39, 0.29) is 11.3 Å². The van der Waals surface area contributed by atoms with Gasteiger partial charge in [0.05, 0.1) is 0 Å². The van der Waals surface area contributed by atoms with E-state index in [4.69, 9.17) is 0 Å². The monoisotopic (exact) mass is 330 g/mol. The lowest BCUT2D eigenvalue weighted by molar-refractivity contribution is 0.0947. The predicted molar refractivity (Wildman–Crippen MR) is 101 cm³/mol. The number of benzene rings is 1. The van der Waals surface area contributed by atoms with Crippen molar-refractivity contribution in [2.45, 2.75) is 52.9 Å². The minimum atomic E-state index is 0.0378. The lowest BCUT2D eigenvalue weighted by atomic mass is 9.87. The molecule has 1 aliphatic heterocycles. The Morgan fingerprint density at radius 3 is 2.25 bits per heavy atom. The molecule has 3 heteroatoms. The molecule has 1 amide bonds. The molecule has 1 aromatic carbocycles. The van der Waals surface area contributed by atoms with Crippen LogP contribution in [0.3, 0.4) is 0 Å². The molecule has 2 atom stereocenters. The lowest BCUT2D eigenvalue weighted by Crippen LogP contribution is -2.40. The Labute approximate surface area is 147 Å². The van der Waals surface area contributed by atoms with Crippen molar-refractivity contribution in [1.29, 1.82) is 0 Å². The highest BCUT2D eigenvalue weighted by atomic mass is 16.1. The van der Waals surface area contributed by atoms with Crippen molar-refractivity contribution < 1.29 is 4.79 Å². The average molecular weight is 331 g/mol. The van der Waals surface area contributed by atoms with Crippen molar-refractivity contribution in [3.8, 4) is 0 Å². The van der Waals surface area contributed by atoms with E-state index in [9.17, 15) is 4.79 Å². The zero-order chi connectivity index (χ0) is 17.7. The van der Waals surface area contributed by atoms with Crippen LogP contribution in [0.15, 0.2) is 24.3 Å². The molecule has 2 rings (SSSR count). The predicted octanol–water partition coefficient (Wildman–Crippen LogP) is 4.08. The third-order valence-corrected chi connectivity index (χ3v) is 4.89. The number of carbonyl (C=O) groups excluding carboxylic acids is 1. The third-order valence-electron chi connectivity index (χ3n) is 4.89. The van der Waals surface area contributed by atoms with Gasteiger partial charge in [-0.15, -0.1) is 0 Å². The van der Waals surface area contributed by atoms with Gasteiger partial charge in [-0.05, 0) is 54.3 Å². The zero-order valence-electron chi connectivity index (χ0n) is 16.1. The molecule has 1 heterocycles. The minimum Gasteiger partial charge on any atom is -0.352 e. The Balaban J connectivity index is 1.73. The molecule has 0 radical (unpaired) electrons. The number of hydrogen-bond acceptors (Lipinski definition) is 2. The van der Waals surface area contributed by atoms with Crippen LogP contribution >= 0.6 is 0 Å². The molecule has 1 saturated heterocycles. The first-order valence-electron chi connectivity index (χ1n) is 9.37.